The molecule has 1 N–H and O–H groups in total. The molecule has 2 aromatic rings. The van der Waals surface area contributed by atoms with Gasteiger partial charge in [0.25, 0.3) is 0 Å². The van der Waals surface area contributed by atoms with Crippen LogP contribution in [0.2, 0.25) is 0 Å². The number of aryl methyl sites for hydroxylation is 1. The van der Waals surface area contributed by atoms with Gasteiger partial charge < -0.3 is 4.74 Å². The molecule has 2 aromatic carbocycles. The first kappa shape index (κ1) is 17.7. The van der Waals surface area contributed by atoms with Crippen molar-refractivity contribution in [2.75, 3.05) is 5.32 Å². The van der Waals surface area contributed by atoms with Gasteiger partial charge in [-0.2, -0.15) is 0 Å². The van der Waals surface area contributed by atoms with Crippen molar-refractivity contribution in [1.82, 2.24) is 0 Å². The van der Waals surface area contributed by atoms with E-state index in [1.807, 2.05) is 62.4 Å². The summed E-state index contributed by atoms with van der Waals surface area (Å²) in [6.07, 6.45) is 0.694. The van der Waals surface area contributed by atoms with Gasteiger partial charge in [-0.3, -0.25) is 10.1 Å². The lowest BCUT2D eigenvalue weighted by Gasteiger charge is -2.09. The Morgan fingerprint density at radius 2 is 1.71 bits per heavy atom. The number of ketones is 1. The normalized spacial score (nSPS) is 10.5. The highest BCUT2D eigenvalue weighted by Crippen LogP contribution is 2.14. The summed E-state index contributed by atoms with van der Waals surface area (Å²) in [7, 11) is 0. The van der Waals surface area contributed by atoms with E-state index in [-0.39, 0.29) is 18.3 Å². The van der Waals surface area contributed by atoms with Crippen LogP contribution in [-0.2, 0) is 22.6 Å². The van der Waals surface area contributed by atoms with E-state index >= 15 is 0 Å². The van der Waals surface area contributed by atoms with Crippen molar-refractivity contribution in [3.8, 4) is 0 Å². The fraction of sp³-hybridized carbons (Fsp3) is 0.300. The number of benzene rings is 2. The number of hydrogen-bond donors (Lipinski definition) is 1. The summed E-state index contributed by atoms with van der Waals surface area (Å²) in [6.45, 7) is 4.04. The van der Waals surface area contributed by atoms with Crippen LogP contribution in [0.15, 0.2) is 54.6 Å². The van der Waals surface area contributed by atoms with Crippen molar-refractivity contribution in [2.45, 2.75) is 33.3 Å². The second kappa shape index (κ2) is 8.87. The number of anilines is 1. The van der Waals surface area contributed by atoms with Gasteiger partial charge in [0.1, 0.15) is 12.4 Å². The molecule has 0 aliphatic rings. The first-order valence-corrected chi connectivity index (χ1v) is 8.14. The summed E-state index contributed by atoms with van der Waals surface area (Å²) in [4.78, 5) is 23.6. The molecule has 0 atom stereocenters. The standard InChI is InChI=1S/C20H23NO3/c1-15(2)19(22)12-11-16-9-6-10-18(13-16)21-20(23)24-14-17-7-4-3-5-8-17/h3-10,13,15H,11-12,14H2,1-2H3,(H,21,23). The van der Waals surface area contributed by atoms with Gasteiger partial charge in [0.15, 0.2) is 0 Å². The number of ether oxygens (including phenoxy) is 1. The topological polar surface area (TPSA) is 55.4 Å². The van der Waals surface area contributed by atoms with Crippen molar-refractivity contribution < 1.29 is 14.3 Å². The van der Waals surface area contributed by atoms with Gasteiger partial charge in [0, 0.05) is 18.0 Å². The lowest BCUT2D eigenvalue weighted by molar-refractivity contribution is -0.121. The Balaban J connectivity index is 1.84. The maximum absolute atomic E-state index is 11.9. The third-order valence-corrected chi connectivity index (χ3v) is 3.69. The highest BCUT2D eigenvalue weighted by molar-refractivity contribution is 5.84. The lowest BCUT2D eigenvalue weighted by Crippen LogP contribution is -2.13. The second-order valence-corrected chi connectivity index (χ2v) is 6.01. The number of rotatable bonds is 7. The number of carbonyl (C=O) groups is 2. The minimum Gasteiger partial charge on any atom is -0.444 e. The predicted octanol–water partition coefficient (Wildman–Crippen LogP) is 4.59. The Bertz CT molecular complexity index is 680. The SMILES string of the molecule is CC(C)C(=O)CCc1cccc(NC(=O)OCc2ccccc2)c1. The van der Waals surface area contributed by atoms with Crippen LogP contribution in [0.4, 0.5) is 10.5 Å². The van der Waals surface area contributed by atoms with E-state index in [0.29, 0.717) is 18.5 Å². The molecule has 4 nitrogen and oxygen atoms in total. The molecule has 4 heteroatoms. The van der Waals surface area contributed by atoms with Gasteiger partial charge in [-0.05, 0) is 29.7 Å². The summed E-state index contributed by atoms with van der Waals surface area (Å²) in [6, 6.07) is 17.0. The molecule has 0 fully saturated rings. The largest absolute Gasteiger partial charge is 0.444 e. The van der Waals surface area contributed by atoms with Crippen molar-refractivity contribution >= 4 is 17.6 Å². The van der Waals surface area contributed by atoms with Crippen LogP contribution in [0.1, 0.15) is 31.4 Å². The molecule has 24 heavy (non-hydrogen) atoms. The molecule has 0 saturated heterocycles. The quantitative estimate of drug-likeness (QED) is 0.810. The molecule has 126 valence electrons. The average Bonchev–Trinajstić information content (AvgIpc) is 2.59. The first-order valence-electron chi connectivity index (χ1n) is 8.14. The van der Waals surface area contributed by atoms with Gasteiger partial charge in [-0.25, -0.2) is 4.79 Å². The van der Waals surface area contributed by atoms with Gasteiger partial charge in [-0.1, -0.05) is 56.3 Å². The van der Waals surface area contributed by atoms with Crippen molar-refractivity contribution in [3.05, 3.63) is 65.7 Å². The van der Waals surface area contributed by atoms with Crippen LogP contribution in [0.5, 0.6) is 0 Å². The van der Waals surface area contributed by atoms with E-state index in [4.69, 9.17) is 4.74 Å². The lowest BCUT2D eigenvalue weighted by atomic mass is 10.0. The second-order valence-electron chi connectivity index (χ2n) is 6.01. The average molecular weight is 325 g/mol. The minimum absolute atomic E-state index is 0.0549. The zero-order valence-corrected chi connectivity index (χ0v) is 14.1. The molecule has 0 aromatic heterocycles. The summed E-state index contributed by atoms with van der Waals surface area (Å²) in [5.41, 5.74) is 2.63. The van der Waals surface area contributed by atoms with Gasteiger partial charge >= 0.3 is 6.09 Å². The fourth-order valence-corrected chi connectivity index (χ4v) is 2.24. The summed E-state index contributed by atoms with van der Waals surface area (Å²) >= 11 is 0. The smallest absolute Gasteiger partial charge is 0.411 e. The van der Waals surface area contributed by atoms with Crippen molar-refractivity contribution in [2.24, 2.45) is 5.92 Å². The molecule has 0 radical (unpaired) electrons. The predicted molar refractivity (Wildman–Crippen MR) is 94.9 cm³/mol. The Morgan fingerprint density at radius 1 is 1.00 bits per heavy atom. The zero-order chi connectivity index (χ0) is 17.4. The highest BCUT2D eigenvalue weighted by Gasteiger charge is 2.08. The number of carbonyl (C=O) groups excluding carboxylic acids is 2. The van der Waals surface area contributed by atoms with Gasteiger partial charge in [-0.15, -0.1) is 0 Å². The Kier molecular flexibility index (Phi) is 6.55. The molecular formula is C20H23NO3. The molecule has 0 unspecified atom stereocenters. The monoisotopic (exact) mass is 325 g/mol. The van der Waals surface area contributed by atoms with E-state index < -0.39 is 6.09 Å². The maximum atomic E-state index is 11.9. The number of amides is 1. The number of Topliss-reactive ketones (excluding diaryl/α,β-unsaturated/α-hetero) is 1. The minimum atomic E-state index is -0.491. The number of hydrogen-bond acceptors (Lipinski definition) is 3. The van der Waals surface area contributed by atoms with E-state index in [9.17, 15) is 9.59 Å². The van der Waals surface area contributed by atoms with Crippen molar-refractivity contribution in [3.63, 3.8) is 0 Å². The first-order chi connectivity index (χ1) is 11.5. The maximum Gasteiger partial charge on any atom is 0.411 e. The van der Waals surface area contributed by atoms with Crippen LogP contribution in [-0.4, -0.2) is 11.9 Å². The molecule has 0 aliphatic heterocycles. The van der Waals surface area contributed by atoms with E-state index in [0.717, 1.165) is 11.1 Å². The van der Waals surface area contributed by atoms with Crippen LogP contribution >= 0.6 is 0 Å². The summed E-state index contributed by atoms with van der Waals surface area (Å²) in [5, 5.41) is 2.72. The summed E-state index contributed by atoms with van der Waals surface area (Å²) in [5.74, 6) is 0.301. The molecule has 1 amide bonds. The third kappa shape index (κ3) is 5.88. The van der Waals surface area contributed by atoms with Crippen LogP contribution in [0, 0.1) is 5.92 Å². The molecule has 0 bridgehead atoms. The van der Waals surface area contributed by atoms with Crippen LogP contribution < -0.4 is 5.32 Å². The molecule has 0 heterocycles. The number of nitrogens with one attached hydrogen (secondary N) is 1. The zero-order valence-electron chi connectivity index (χ0n) is 14.1. The van der Waals surface area contributed by atoms with Gasteiger partial charge in [0.05, 0.1) is 0 Å². The Hall–Kier alpha value is -2.62. The molecule has 0 aliphatic carbocycles. The third-order valence-electron chi connectivity index (χ3n) is 3.69. The molecule has 0 spiro atoms. The van der Waals surface area contributed by atoms with Gasteiger partial charge in [0.2, 0.25) is 0 Å². The van der Waals surface area contributed by atoms with E-state index in [1.54, 1.807) is 6.07 Å². The molecule has 2 rings (SSSR count). The van der Waals surface area contributed by atoms with Crippen LogP contribution in [0.25, 0.3) is 0 Å². The molecular weight excluding hydrogens is 302 g/mol. The van der Waals surface area contributed by atoms with E-state index in [1.165, 1.54) is 0 Å². The fourth-order valence-electron chi connectivity index (χ4n) is 2.24. The van der Waals surface area contributed by atoms with Crippen LogP contribution in [0.3, 0.4) is 0 Å². The summed E-state index contributed by atoms with van der Waals surface area (Å²) < 4.78 is 5.20. The van der Waals surface area contributed by atoms with Crippen molar-refractivity contribution in [1.29, 1.82) is 0 Å². The highest BCUT2D eigenvalue weighted by atomic mass is 16.5. The van der Waals surface area contributed by atoms with E-state index in [2.05, 4.69) is 5.32 Å². The molecule has 0 saturated carbocycles. The Morgan fingerprint density at radius 3 is 2.42 bits per heavy atom. The Labute approximate surface area is 142 Å².